The van der Waals surface area contributed by atoms with Crippen molar-refractivity contribution in [3.63, 3.8) is 0 Å². The summed E-state index contributed by atoms with van der Waals surface area (Å²) in [4.78, 5) is 0. The molecule has 17 heavy (non-hydrogen) atoms. The number of hydrogen-bond acceptors (Lipinski definition) is 2. The first kappa shape index (κ1) is 11.1. The highest BCUT2D eigenvalue weighted by atomic mass is 16.5. The molecule has 1 fully saturated rings. The van der Waals surface area contributed by atoms with E-state index in [1.807, 2.05) is 12.1 Å². The van der Waals surface area contributed by atoms with Crippen molar-refractivity contribution in [3.05, 3.63) is 29.3 Å². The van der Waals surface area contributed by atoms with Crippen LogP contribution in [0.2, 0.25) is 0 Å². The normalized spacial score (nSPS) is 31.3. The summed E-state index contributed by atoms with van der Waals surface area (Å²) in [6, 6.07) is 6.22. The molecule has 0 radical (unpaired) electrons. The largest absolute Gasteiger partial charge is 0.493 e. The number of rotatable bonds is 2. The van der Waals surface area contributed by atoms with Crippen LogP contribution in [0.4, 0.5) is 0 Å². The first-order valence-electron chi connectivity index (χ1n) is 6.70. The Morgan fingerprint density at radius 1 is 1.47 bits per heavy atom. The summed E-state index contributed by atoms with van der Waals surface area (Å²) >= 11 is 0. The van der Waals surface area contributed by atoms with E-state index in [0.29, 0.717) is 5.92 Å². The molecular formula is C15H20O2. The Kier molecular flexibility index (Phi) is 2.62. The van der Waals surface area contributed by atoms with E-state index < -0.39 is 5.60 Å². The van der Waals surface area contributed by atoms with Gasteiger partial charge in [0.1, 0.15) is 5.75 Å². The van der Waals surface area contributed by atoms with Crippen molar-refractivity contribution in [2.24, 2.45) is 5.92 Å². The molecule has 0 bridgehead atoms. The van der Waals surface area contributed by atoms with E-state index in [4.69, 9.17) is 4.74 Å². The van der Waals surface area contributed by atoms with Gasteiger partial charge in [-0.05, 0) is 48.4 Å². The summed E-state index contributed by atoms with van der Waals surface area (Å²) < 4.78 is 5.51. The quantitative estimate of drug-likeness (QED) is 0.849. The fourth-order valence-corrected chi connectivity index (χ4v) is 3.21. The van der Waals surface area contributed by atoms with Gasteiger partial charge < -0.3 is 9.84 Å². The Morgan fingerprint density at radius 3 is 3.12 bits per heavy atom. The lowest BCUT2D eigenvalue weighted by Gasteiger charge is -2.24. The lowest BCUT2D eigenvalue weighted by molar-refractivity contribution is 0.0397. The lowest BCUT2D eigenvalue weighted by Crippen LogP contribution is -2.21. The molecule has 0 amide bonds. The van der Waals surface area contributed by atoms with Gasteiger partial charge in [-0.1, -0.05) is 19.4 Å². The zero-order valence-electron chi connectivity index (χ0n) is 10.4. The second kappa shape index (κ2) is 4.02. The molecule has 0 spiro atoms. The summed E-state index contributed by atoms with van der Waals surface area (Å²) in [5.74, 6) is 1.69. The molecule has 1 heterocycles. The van der Waals surface area contributed by atoms with Gasteiger partial charge in [-0.2, -0.15) is 0 Å². The lowest BCUT2D eigenvalue weighted by atomic mass is 9.89. The molecule has 1 saturated carbocycles. The molecule has 2 nitrogen and oxygen atoms in total. The number of ether oxygens (including phenoxy) is 1. The van der Waals surface area contributed by atoms with Crippen LogP contribution in [0.3, 0.4) is 0 Å². The minimum atomic E-state index is -0.585. The third-order valence-corrected chi connectivity index (χ3v) is 4.40. The van der Waals surface area contributed by atoms with Gasteiger partial charge in [0.2, 0.25) is 0 Å². The number of hydrogen-bond donors (Lipinski definition) is 1. The predicted molar refractivity (Wildman–Crippen MR) is 67.2 cm³/mol. The first-order chi connectivity index (χ1) is 8.21. The predicted octanol–water partition coefficient (Wildman–Crippen LogP) is 3.02. The van der Waals surface area contributed by atoms with E-state index in [1.165, 1.54) is 12.0 Å². The van der Waals surface area contributed by atoms with Gasteiger partial charge in [-0.3, -0.25) is 0 Å². The molecule has 0 aromatic heterocycles. The van der Waals surface area contributed by atoms with Gasteiger partial charge in [0, 0.05) is 6.42 Å². The molecule has 2 aliphatic rings. The van der Waals surface area contributed by atoms with Crippen molar-refractivity contribution in [2.75, 3.05) is 6.61 Å². The smallest absolute Gasteiger partial charge is 0.122 e. The van der Waals surface area contributed by atoms with Gasteiger partial charge in [0.15, 0.2) is 0 Å². The topological polar surface area (TPSA) is 29.5 Å². The van der Waals surface area contributed by atoms with Gasteiger partial charge in [-0.15, -0.1) is 0 Å². The van der Waals surface area contributed by atoms with Crippen LogP contribution < -0.4 is 4.74 Å². The monoisotopic (exact) mass is 232 g/mol. The van der Waals surface area contributed by atoms with Gasteiger partial charge >= 0.3 is 0 Å². The Bertz CT molecular complexity index is 427. The average Bonchev–Trinajstić information content (AvgIpc) is 2.94. The minimum absolute atomic E-state index is 0.585. The van der Waals surface area contributed by atoms with E-state index in [0.717, 1.165) is 43.6 Å². The van der Waals surface area contributed by atoms with Crippen molar-refractivity contribution in [3.8, 4) is 5.75 Å². The summed E-state index contributed by atoms with van der Waals surface area (Å²) in [7, 11) is 0. The highest BCUT2D eigenvalue weighted by Crippen LogP contribution is 2.44. The summed E-state index contributed by atoms with van der Waals surface area (Å²) in [6.45, 7) is 3.00. The van der Waals surface area contributed by atoms with Gasteiger partial charge in [0.05, 0.1) is 12.2 Å². The molecule has 1 aromatic rings. The number of fused-ring (bicyclic) bond motifs is 1. The maximum atomic E-state index is 10.8. The molecule has 92 valence electrons. The van der Waals surface area contributed by atoms with Crippen molar-refractivity contribution >= 4 is 0 Å². The van der Waals surface area contributed by atoms with Crippen molar-refractivity contribution < 1.29 is 9.84 Å². The van der Waals surface area contributed by atoms with Gasteiger partial charge in [-0.25, -0.2) is 0 Å². The molecule has 0 saturated heterocycles. The van der Waals surface area contributed by atoms with Crippen LogP contribution in [-0.2, 0) is 12.0 Å². The third kappa shape index (κ3) is 1.85. The SMILES string of the molecule is CCC1CCC(O)(c2ccc3c(c2)CCO3)C1. The average molecular weight is 232 g/mol. The Labute approximate surface area is 103 Å². The highest BCUT2D eigenvalue weighted by Gasteiger charge is 2.38. The standard InChI is InChI=1S/C15H20O2/c1-2-11-5-7-15(16,10-11)13-3-4-14-12(9-13)6-8-17-14/h3-4,9,11,16H,2,5-8,10H2,1H3. The van der Waals surface area contributed by atoms with Crippen LogP contribution in [0.1, 0.15) is 43.7 Å². The Balaban J connectivity index is 1.89. The number of aliphatic hydroxyl groups is 1. The van der Waals surface area contributed by atoms with E-state index >= 15 is 0 Å². The maximum absolute atomic E-state index is 10.8. The van der Waals surface area contributed by atoms with Crippen LogP contribution >= 0.6 is 0 Å². The van der Waals surface area contributed by atoms with E-state index in [9.17, 15) is 5.11 Å². The maximum Gasteiger partial charge on any atom is 0.122 e. The first-order valence-corrected chi connectivity index (χ1v) is 6.70. The summed E-state index contributed by atoms with van der Waals surface area (Å²) in [5.41, 5.74) is 1.77. The second-order valence-electron chi connectivity index (χ2n) is 5.47. The molecule has 2 heteroatoms. The van der Waals surface area contributed by atoms with Crippen molar-refractivity contribution in [2.45, 2.75) is 44.6 Å². The third-order valence-electron chi connectivity index (χ3n) is 4.40. The zero-order chi connectivity index (χ0) is 11.9. The summed E-state index contributed by atoms with van der Waals surface area (Å²) in [6.07, 6.45) is 5.14. The fraction of sp³-hybridized carbons (Fsp3) is 0.600. The minimum Gasteiger partial charge on any atom is -0.493 e. The van der Waals surface area contributed by atoms with E-state index in [1.54, 1.807) is 0 Å². The van der Waals surface area contributed by atoms with E-state index in [-0.39, 0.29) is 0 Å². The fourth-order valence-electron chi connectivity index (χ4n) is 3.21. The molecule has 2 atom stereocenters. The van der Waals surface area contributed by atoms with Crippen LogP contribution in [0, 0.1) is 5.92 Å². The molecule has 2 unspecified atom stereocenters. The van der Waals surface area contributed by atoms with Crippen LogP contribution in [0.25, 0.3) is 0 Å². The van der Waals surface area contributed by atoms with Crippen LogP contribution in [-0.4, -0.2) is 11.7 Å². The molecular weight excluding hydrogens is 212 g/mol. The Morgan fingerprint density at radius 2 is 2.35 bits per heavy atom. The molecule has 1 aromatic carbocycles. The van der Waals surface area contributed by atoms with Gasteiger partial charge in [0.25, 0.3) is 0 Å². The summed E-state index contributed by atoms with van der Waals surface area (Å²) in [5, 5.41) is 10.8. The Hall–Kier alpha value is -1.02. The molecule has 1 aliphatic heterocycles. The number of benzene rings is 1. The van der Waals surface area contributed by atoms with Crippen LogP contribution in [0.15, 0.2) is 18.2 Å². The molecule has 3 rings (SSSR count). The zero-order valence-corrected chi connectivity index (χ0v) is 10.4. The van der Waals surface area contributed by atoms with E-state index in [2.05, 4.69) is 13.0 Å². The molecule has 1 aliphatic carbocycles. The molecule has 1 N–H and O–H groups in total. The van der Waals surface area contributed by atoms with Crippen LogP contribution in [0.5, 0.6) is 5.75 Å². The second-order valence-corrected chi connectivity index (χ2v) is 5.47. The van der Waals surface area contributed by atoms with Crippen molar-refractivity contribution in [1.82, 2.24) is 0 Å². The highest BCUT2D eigenvalue weighted by molar-refractivity contribution is 5.42. The van der Waals surface area contributed by atoms with Crippen molar-refractivity contribution in [1.29, 1.82) is 0 Å².